The van der Waals surface area contributed by atoms with E-state index >= 15 is 0 Å². The lowest BCUT2D eigenvalue weighted by Gasteiger charge is -2.42. The molecule has 1 aromatic rings. The number of halogens is 2. The minimum absolute atomic E-state index is 0.270. The van der Waals surface area contributed by atoms with Gasteiger partial charge in [0.2, 0.25) is 0 Å². The van der Waals surface area contributed by atoms with E-state index in [4.69, 9.17) is 32.7 Å². The van der Waals surface area contributed by atoms with Gasteiger partial charge in [-0.2, -0.15) is 0 Å². The van der Waals surface area contributed by atoms with Crippen LogP contribution < -0.4 is 0 Å². The summed E-state index contributed by atoms with van der Waals surface area (Å²) in [5.41, 5.74) is -0.450. The van der Waals surface area contributed by atoms with Crippen molar-refractivity contribution in [1.82, 2.24) is 9.80 Å². The first kappa shape index (κ1) is 22.6. The zero-order chi connectivity index (χ0) is 21.3. The fourth-order valence-electron chi connectivity index (χ4n) is 2.82. The zero-order valence-electron chi connectivity index (χ0n) is 17.2. The smallest absolute Gasteiger partial charge is 0.410 e. The van der Waals surface area contributed by atoms with Gasteiger partial charge >= 0.3 is 12.2 Å². The number of carbonyl (C=O) groups is 2. The highest BCUT2D eigenvalue weighted by Crippen LogP contribution is 2.32. The molecule has 1 aromatic carbocycles. The van der Waals surface area contributed by atoms with Crippen LogP contribution in [0.5, 0.6) is 0 Å². The Hall–Kier alpha value is -1.66. The van der Waals surface area contributed by atoms with E-state index in [9.17, 15) is 9.59 Å². The van der Waals surface area contributed by atoms with Gasteiger partial charge in [0.1, 0.15) is 11.2 Å². The van der Waals surface area contributed by atoms with Gasteiger partial charge in [0.05, 0.1) is 16.1 Å². The number of ether oxygens (including phenoxy) is 2. The highest BCUT2D eigenvalue weighted by molar-refractivity contribution is 6.42. The van der Waals surface area contributed by atoms with Gasteiger partial charge in [-0.3, -0.25) is 4.90 Å². The Morgan fingerprint density at radius 1 is 0.929 bits per heavy atom. The summed E-state index contributed by atoms with van der Waals surface area (Å²) in [5.74, 6) is 0. The topological polar surface area (TPSA) is 59.1 Å². The summed E-state index contributed by atoms with van der Waals surface area (Å²) < 4.78 is 11.0. The predicted molar refractivity (Wildman–Crippen MR) is 110 cm³/mol. The van der Waals surface area contributed by atoms with Crippen LogP contribution >= 0.6 is 23.2 Å². The van der Waals surface area contributed by atoms with Gasteiger partial charge in [-0.05, 0) is 59.2 Å². The molecule has 1 fully saturated rings. The lowest BCUT2D eigenvalue weighted by Crippen LogP contribution is -2.54. The van der Waals surface area contributed by atoms with E-state index in [1.807, 2.05) is 41.5 Å². The van der Waals surface area contributed by atoms with E-state index in [0.29, 0.717) is 23.1 Å². The molecule has 0 aliphatic carbocycles. The van der Waals surface area contributed by atoms with Gasteiger partial charge in [-0.15, -0.1) is 0 Å². The maximum Gasteiger partial charge on any atom is 0.410 e. The first-order valence-corrected chi connectivity index (χ1v) is 9.95. The van der Waals surface area contributed by atoms with Crippen molar-refractivity contribution in [3.8, 4) is 0 Å². The molecule has 1 atom stereocenters. The molecule has 156 valence electrons. The molecule has 0 saturated carbocycles. The Balaban J connectivity index is 2.30. The molecule has 28 heavy (non-hydrogen) atoms. The zero-order valence-corrected chi connectivity index (χ0v) is 18.7. The standard InChI is InChI=1S/C20H28Cl2N2O4/c1-19(2,3)27-17(25)23-9-10-24(18(26)28-20(4,5)6)16(12-23)13-7-8-14(21)15(22)11-13/h7-8,11,16H,9-10,12H2,1-6H3/t16-/m0/s1. The molecule has 0 bridgehead atoms. The van der Waals surface area contributed by atoms with Crippen LogP contribution in [0.25, 0.3) is 0 Å². The van der Waals surface area contributed by atoms with Gasteiger partial charge in [-0.25, -0.2) is 9.59 Å². The number of nitrogens with zero attached hydrogens (tertiary/aromatic N) is 2. The van der Waals surface area contributed by atoms with Crippen molar-refractivity contribution < 1.29 is 19.1 Å². The SMILES string of the molecule is CC(C)(C)OC(=O)N1CCN(C(=O)OC(C)(C)C)[C@H](c2ccc(Cl)c(Cl)c2)C1. The minimum Gasteiger partial charge on any atom is -0.444 e. The number of rotatable bonds is 1. The molecule has 1 saturated heterocycles. The molecule has 1 aliphatic rings. The molecule has 1 heterocycles. The molecule has 0 unspecified atom stereocenters. The van der Waals surface area contributed by atoms with Gasteiger partial charge in [-0.1, -0.05) is 29.3 Å². The molecule has 2 amide bonds. The van der Waals surface area contributed by atoms with E-state index in [1.54, 1.807) is 28.0 Å². The van der Waals surface area contributed by atoms with Crippen LogP contribution in [0.4, 0.5) is 9.59 Å². The second-order valence-electron chi connectivity index (χ2n) is 8.79. The first-order chi connectivity index (χ1) is 12.8. The van der Waals surface area contributed by atoms with E-state index in [1.165, 1.54) is 0 Å². The number of benzene rings is 1. The van der Waals surface area contributed by atoms with Gasteiger partial charge < -0.3 is 14.4 Å². The third-order valence-corrected chi connectivity index (χ3v) is 4.73. The van der Waals surface area contributed by atoms with Gasteiger partial charge in [0, 0.05) is 19.6 Å². The number of piperazine rings is 1. The lowest BCUT2D eigenvalue weighted by molar-refractivity contribution is -0.0152. The minimum atomic E-state index is -0.623. The van der Waals surface area contributed by atoms with Gasteiger partial charge in [0.25, 0.3) is 0 Å². The molecule has 8 heteroatoms. The molecule has 1 aliphatic heterocycles. The van der Waals surface area contributed by atoms with Crippen molar-refractivity contribution >= 4 is 35.4 Å². The molecule has 2 rings (SSSR count). The molecular formula is C20H28Cl2N2O4. The molecule has 0 N–H and O–H groups in total. The summed E-state index contributed by atoms with van der Waals surface area (Å²) in [4.78, 5) is 28.5. The first-order valence-electron chi connectivity index (χ1n) is 9.19. The fraction of sp³-hybridized carbons (Fsp3) is 0.600. The van der Waals surface area contributed by atoms with Crippen LogP contribution in [-0.2, 0) is 9.47 Å². The summed E-state index contributed by atoms with van der Waals surface area (Å²) in [6.07, 6.45) is -0.853. The average Bonchev–Trinajstić information content (AvgIpc) is 2.53. The summed E-state index contributed by atoms with van der Waals surface area (Å²) in [6, 6.07) is 4.77. The summed E-state index contributed by atoms with van der Waals surface area (Å²) in [7, 11) is 0. The number of carbonyl (C=O) groups excluding carboxylic acids is 2. The van der Waals surface area contributed by atoms with Crippen LogP contribution in [0, 0.1) is 0 Å². The average molecular weight is 431 g/mol. The number of hydrogen-bond acceptors (Lipinski definition) is 4. The summed E-state index contributed by atoms with van der Waals surface area (Å²) in [6.45, 7) is 11.8. The van der Waals surface area contributed by atoms with Crippen LogP contribution in [-0.4, -0.2) is 52.8 Å². The Morgan fingerprint density at radius 2 is 1.50 bits per heavy atom. The van der Waals surface area contributed by atoms with Crippen molar-refractivity contribution in [1.29, 1.82) is 0 Å². The molecular weight excluding hydrogens is 403 g/mol. The second kappa shape index (κ2) is 8.37. The highest BCUT2D eigenvalue weighted by Gasteiger charge is 2.37. The van der Waals surface area contributed by atoms with E-state index in [2.05, 4.69) is 0 Å². The van der Waals surface area contributed by atoms with Crippen LogP contribution in [0.2, 0.25) is 10.0 Å². The Labute approximate surface area is 176 Å². The Kier molecular flexibility index (Phi) is 6.77. The Bertz CT molecular complexity index is 741. The normalized spacial score (nSPS) is 18.1. The maximum absolute atomic E-state index is 12.8. The van der Waals surface area contributed by atoms with Crippen molar-refractivity contribution in [3.05, 3.63) is 33.8 Å². The second-order valence-corrected chi connectivity index (χ2v) is 9.60. The third kappa shape index (κ3) is 6.17. The molecule has 0 radical (unpaired) electrons. The van der Waals surface area contributed by atoms with Crippen molar-refractivity contribution in [3.63, 3.8) is 0 Å². The van der Waals surface area contributed by atoms with Crippen LogP contribution in [0.3, 0.4) is 0 Å². The van der Waals surface area contributed by atoms with Crippen LogP contribution in [0.15, 0.2) is 18.2 Å². The van der Waals surface area contributed by atoms with Gasteiger partial charge in [0.15, 0.2) is 0 Å². The van der Waals surface area contributed by atoms with Crippen LogP contribution in [0.1, 0.15) is 53.1 Å². The predicted octanol–water partition coefficient (Wildman–Crippen LogP) is 5.52. The fourth-order valence-corrected chi connectivity index (χ4v) is 3.13. The number of hydrogen-bond donors (Lipinski definition) is 0. The van der Waals surface area contributed by atoms with Crippen molar-refractivity contribution in [2.75, 3.05) is 19.6 Å². The van der Waals surface area contributed by atoms with Crippen molar-refractivity contribution in [2.45, 2.75) is 58.8 Å². The maximum atomic E-state index is 12.8. The summed E-state index contributed by atoms with van der Waals surface area (Å²) >= 11 is 12.2. The highest BCUT2D eigenvalue weighted by atomic mass is 35.5. The van der Waals surface area contributed by atoms with Crippen molar-refractivity contribution in [2.24, 2.45) is 0 Å². The summed E-state index contributed by atoms with van der Waals surface area (Å²) in [5, 5.41) is 0.812. The largest absolute Gasteiger partial charge is 0.444 e. The van der Waals surface area contributed by atoms with E-state index in [-0.39, 0.29) is 6.54 Å². The molecule has 6 nitrogen and oxygen atoms in total. The Morgan fingerprint density at radius 3 is 2.04 bits per heavy atom. The molecule has 0 spiro atoms. The molecule has 0 aromatic heterocycles. The monoisotopic (exact) mass is 430 g/mol. The third-order valence-electron chi connectivity index (χ3n) is 3.99. The van der Waals surface area contributed by atoms with E-state index < -0.39 is 29.4 Å². The number of amides is 2. The quantitative estimate of drug-likeness (QED) is 0.587. The van der Waals surface area contributed by atoms with E-state index in [0.717, 1.165) is 5.56 Å². The lowest BCUT2D eigenvalue weighted by atomic mass is 10.0.